The molecule has 2 N–H and O–H groups in total. The fourth-order valence-electron chi connectivity index (χ4n) is 5.85. The standard InChI is InChI=1S/C34H44F2N2O4S/c1-6-42-34(39)20-31(30-13-12-29(35)19-32(30)36)26-11-9-24(3)28(18-26)22-38-21-23(2)16-27-17-25(8-7-15-37(4)5)10-14-33(27)43(38,40)41/h9-14,17-19,23,31,40-41H,6-8,15-16,20-22H2,1-5H3. The smallest absolute Gasteiger partial charge is 0.306 e. The van der Waals surface area contributed by atoms with Crippen molar-refractivity contribution in [3.63, 3.8) is 0 Å². The van der Waals surface area contributed by atoms with Gasteiger partial charge >= 0.3 is 5.97 Å². The maximum atomic E-state index is 15.0. The molecule has 0 saturated heterocycles. The van der Waals surface area contributed by atoms with Gasteiger partial charge in [-0.2, -0.15) is 4.31 Å². The van der Waals surface area contributed by atoms with Gasteiger partial charge in [0.25, 0.3) is 0 Å². The Morgan fingerprint density at radius 3 is 2.58 bits per heavy atom. The van der Waals surface area contributed by atoms with Crippen molar-refractivity contribution < 1.29 is 27.4 Å². The maximum absolute atomic E-state index is 15.0. The number of hydrogen-bond acceptors (Lipinski definition) is 6. The Hall–Kier alpha value is -2.82. The second-order valence-electron chi connectivity index (χ2n) is 11.9. The molecule has 234 valence electrons. The van der Waals surface area contributed by atoms with Crippen molar-refractivity contribution in [3.8, 4) is 0 Å². The molecule has 1 aliphatic heterocycles. The first-order chi connectivity index (χ1) is 20.4. The van der Waals surface area contributed by atoms with Crippen molar-refractivity contribution in [1.29, 1.82) is 0 Å². The van der Waals surface area contributed by atoms with E-state index in [1.807, 2.05) is 37.3 Å². The molecular formula is C34H44F2N2O4S. The van der Waals surface area contributed by atoms with Gasteiger partial charge in [0.1, 0.15) is 11.6 Å². The number of carbonyl (C=O) groups is 1. The number of nitrogens with zero attached hydrogens (tertiary/aromatic N) is 2. The zero-order chi connectivity index (χ0) is 31.3. The van der Waals surface area contributed by atoms with Gasteiger partial charge in [-0.15, -0.1) is 10.8 Å². The number of carbonyl (C=O) groups excluding carboxylic acids is 1. The first-order valence-electron chi connectivity index (χ1n) is 14.9. The van der Waals surface area contributed by atoms with Gasteiger partial charge < -0.3 is 9.64 Å². The van der Waals surface area contributed by atoms with Crippen LogP contribution in [0.15, 0.2) is 59.5 Å². The van der Waals surface area contributed by atoms with Gasteiger partial charge in [-0.25, -0.2) is 8.78 Å². The number of benzene rings is 3. The third kappa shape index (κ3) is 8.22. The lowest BCUT2D eigenvalue weighted by atomic mass is 9.86. The van der Waals surface area contributed by atoms with Crippen LogP contribution in [-0.2, 0) is 28.9 Å². The van der Waals surface area contributed by atoms with Gasteiger partial charge in [0.2, 0.25) is 0 Å². The molecule has 2 unspecified atom stereocenters. The number of halogens is 2. The molecule has 0 spiro atoms. The van der Waals surface area contributed by atoms with E-state index in [4.69, 9.17) is 4.74 Å². The fraction of sp³-hybridized carbons (Fsp3) is 0.441. The average molecular weight is 615 g/mol. The normalized spacial score (nSPS) is 18.1. The topological polar surface area (TPSA) is 73.2 Å². The third-order valence-electron chi connectivity index (χ3n) is 8.07. The zero-order valence-corrected chi connectivity index (χ0v) is 26.6. The minimum Gasteiger partial charge on any atom is -0.466 e. The molecule has 9 heteroatoms. The summed E-state index contributed by atoms with van der Waals surface area (Å²) in [5, 5.41) is 0. The van der Waals surface area contributed by atoms with Crippen molar-refractivity contribution in [2.24, 2.45) is 5.92 Å². The van der Waals surface area contributed by atoms with Crippen LogP contribution < -0.4 is 0 Å². The summed E-state index contributed by atoms with van der Waals surface area (Å²) in [7, 11) is 0.823. The predicted molar refractivity (Wildman–Crippen MR) is 168 cm³/mol. The van der Waals surface area contributed by atoms with Gasteiger partial charge in [0, 0.05) is 25.1 Å². The van der Waals surface area contributed by atoms with E-state index in [-0.39, 0.29) is 31.1 Å². The van der Waals surface area contributed by atoms with Crippen molar-refractivity contribution in [1.82, 2.24) is 9.21 Å². The van der Waals surface area contributed by atoms with E-state index >= 15 is 0 Å². The van der Waals surface area contributed by atoms with Crippen LogP contribution in [0.3, 0.4) is 0 Å². The highest BCUT2D eigenvalue weighted by Gasteiger charge is 2.33. The van der Waals surface area contributed by atoms with Crippen LogP contribution in [0.1, 0.15) is 66.0 Å². The summed E-state index contributed by atoms with van der Waals surface area (Å²) in [6.07, 6.45) is 2.58. The highest BCUT2D eigenvalue weighted by molar-refractivity contribution is 8.22. The molecule has 0 amide bonds. The Labute approximate surface area is 256 Å². The molecule has 4 rings (SSSR count). The molecule has 2 atom stereocenters. The quantitative estimate of drug-likeness (QED) is 0.217. The van der Waals surface area contributed by atoms with Crippen molar-refractivity contribution in [2.45, 2.75) is 63.8 Å². The predicted octanol–water partition coefficient (Wildman–Crippen LogP) is 7.57. The van der Waals surface area contributed by atoms with E-state index in [0.29, 0.717) is 17.0 Å². The third-order valence-corrected chi connectivity index (χ3v) is 10.1. The summed E-state index contributed by atoms with van der Waals surface area (Å²) in [5.74, 6) is -2.43. The molecule has 43 heavy (non-hydrogen) atoms. The highest BCUT2D eigenvalue weighted by Crippen LogP contribution is 2.56. The van der Waals surface area contributed by atoms with Gasteiger partial charge in [-0.1, -0.05) is 43.3 Å². The van der Waals surface area contributed by atoms with Crippen LogP contribution in [0.25, 0.3) is 0 Å². The molecule has 0 aromatic heterocycles. The Morgan fingerprint density at radius 2 is 1.88 bits per heavy atom. The summed E-state index contributed by atoms with van der Waals surface area (Å²) in [6.45, 7) is 7.69. The van der Waals surface area contributed by atoms with Gasteiger partial charge in [0.15, 0.2) is 0 Å². The Bertz CT molecular complexity index is 1430. The zero-order valence-electron chi connectivity index (χ0n) is 25.8. The van der Waals surface area contributed by atoms with E-state index < -0.39 is 34.3 Å². The molecule has 0 aliphatic carbocycles. The van der Waals surface area contributed by atoms with Gasteiger partial charge in [0.05, 0.1) is 17.9 Å². The monoisotopic (exact) mass is 614 g/mol. The first-order valence-corrected chi connectivity index (χ1v) is 16.4. The number of ether oxygens (including phenoxy) is 1. The van der Waals surface area contributed by atoms with Crippen LogP contribution in [0, 0.1) is 24.5 Å². The van der Waals surface area contributed by atoms with E-state index in [0.717, 1.165) is 48.6 Å². The van der Waals surface area contributed by atoms with Crippen LogP contribution in [-0.4, -0.2) is 58.1 Å². The van der Waals surface area contributed by atoms with Gasteiger partial charge in [-0.3, -0.25) is 13.9 Å². The summed E-state index contributed by atoms with van der Waals surface area (Å²) in [6, 6.07) is 15.0. The van der Waals surface area contributed by atoms with E-state index in [9.17, 15) is 22.7 Å². The second-order valence-corrected chi connectivity index (χ2v) is 13.9. The number of hydrogen-bond donors (Lipinski definition) is 2. The molecule has 3 aromatic rings. The lowest BCUT2D eigenvalue weighted by molar-refractivity contribution is -0.143. The van der Waals surface area contributed by atoms with Crippen molar-refractivity contribution in [2.75, 3.05) is 33.8 Å². The minimum absolute atomic E-state index is 0.112. The molecule has 0 fully saturated rings. The molecule has 0 bridgehead atoms. The number of fused-ring (bicyclic) bond motifs is 1. The second kappa shape index (κ2) is 14.3. The SMILES string of the molecule is CCOC(=O)CC(c1ccc(C)c(CN2CC(C)Cc3cc(CCCN(C)C)ccc3S2(O)O)c1)c1ccc(F)cc1F. The Balaban J connectivity index is 1.66. The molecule has 1 aliphatic rings. The van der Waals surface area contributed by atoms with Crippen LogP contribution >= 0.6 is 10.8 Å². The number of aryl methyl sites for hydroxylation is 2. The largest absolute Gasteiger partial charge is 0.466 e. The number of rotatable bonds is 11. The average Bonchev–Trinajstić information content (AvgIpc) is 3.01. The molecular weight excluding hydrogens is 570 g/mol. The Kier molecular flexibility index (Phi) is 11.0. The van der Waals surface area contributed by atoms with Crippen LogP contribution in [0.4, 0.5) is 8.78 Å². The Morgan fingerprint density at radius 1 is 1.12 bits per heavy atom. The maximum Gasteiger partial charge on any atom is 0.306 e. The van der Waals surface area contributed by atoms with Crippen LogP contribution in [0.2, 0.25) is 0 Å². The van der Waals surface area contributed by atoms with Crippen molar-refractivity contribution in [3.05, 3.63) is 99.6 Å². The molecule has 6 nitrogen and oxygen atoms in total. The summed E-state index contributed by atoms with van der Waals surface area (Å²) < 4.78 is 59.0. The summed E-state index contributed by atoms with van der Waals surface area (Å²) in [5.41, 5.74) is 4.81. The molecule has 0 radical (unpaired) electrons. The lowest BCUT2D eigenvalue weighted by Gasteiger charge is -2.43. The van der Waals surface area contributed by atoms with E-state index in [1.54, 1.807) is 11.2 Å². The fourth-order valence-corrected chi connectivity index (χ4v) is 7.65. The molecule has 3 aromatic carbocycles. The number of esters is 1. The highest BCUT2D eigenvalue weighted by atomic mass is 32.3. The van der Waals surface area contributed by atoms with E-state index in [1.165, 1.54) is 17.7 Å². The summed E-state index contributed by atoms with van der Waals surface area (Å²) >= 11 is 0. The van der Waals surface area contributed by atoms with Crippen LogP contribution in [0.5, 0.6) is 0 Å². The van der Waals surface area contributed by atoms with Crippen molar-refractivity contribution >= 4 is 16.7 Å². The lowest BCUT2D eigenvalue weighted by Crippen LogP contribution is -2.30. The van der Waals surface area contributed by atoms with E-state index in [2.05, 4.69) is 32.0 Å². The first kappa shape index (κ1) is 33.1. The minimum atomic E-state index is -3.29. The summed E-state index contributed by atoms with van der Waals surface area (Å²) in [4.78, 5) is 15.3. The van der Waals surface area contributed by atoms with Gasteiger partial charge in [-0.05, 0) is 105 Å². The molecule has 1 heterocycles. The molecule has 0 saturated carbocycles.